The Morgan fingerprint density at radius 3 is 2.55 bits per heavy atom. The van der Waals surface area contributed by atoms with Gasteiger partial charge in [-0.1, -0.05) is 25.5 Å². The third kappa shape index (κ3) is 4.88. The number of rotatable bonds is 7. The largest absolute Gasteiger partial charge is 0.508 e. The molecule has 1 aromatic carbocycles. The van der Waals surface area contributed by atoms with E-state index < -0.39 is 18.0 Å². The van der Waals surface area contributed by atoms with Gasteiger partial charge in [0.1, 0.15) is 5.75 Å². The number of aromatic hydroxyl groups is 1. The summed E-state index contributed by atoms with van der Waals surface area (Å²) in [5.74, 6) is -0.739. The van der Waals surface area contributed by atoms with Gasteiger partial charge in [0.15, 0.2) is 0 Å². The highest BCUT2D eigenvalue weighted by Gasteiger charge is 2.23. The van der Waals surface area contributed by atoms with E-state index >= 15 is 0 Å². The predicted octanol–water partition coefficient (Wildman–Crippen LogP) is 3.37. The fraction of sp³-hybridized carbons (Fsp3) is 0.500. The highest BCUT2D eigenvalue weighted by Crippen LogP contribution is 2.34. The van der Waals surface area contributed by atoms with Gasteiger partial charge in [-0.2, -0.15) is 0 Å². The molecule has 0 saturated carbocycles. The number of aliphatic hydroxyl groups is 1. The zero-order valence-corrected chi connectivity index (χ0v) is 13.8. The molecule has 4 heteroatoms. The van der Waals surface area contributed by atoms with Gasteiger partial charge in [0.25, 0.3) is 0 Å². The van der Waals surface area contributed by atoms with E-state index in [0.29, 0.717) is 18.6 Å². The summed E-state index contributed by atoms with van der Waals surface area (Å²) >= 11 is 0. The molecule has 0 aromatic heterocycles. The molecule has 0 fully saturated rings. The van der Waals surface area contributed by atoms with Crippen molar-refractivity contribution in [2.24, 2.45) is 0 Å². The SMILES string of the molecule is CCC[C@H](O)[C@@H](/C=C/C(=O)OCC)c1c(C)cc(C)cc1O. The third-order valence-corrected chi connectivity index (χ3v) is 3.57. The first-order valence-electron chi connectivity index (χ1n) is 7.73. The van der Waals surface area contributed by atoms with Gasteiger partial charge in [-0.3, -0.25) is 0 Å². The summed E-state index contributed by atoms with van der Waals surface area (Å²) in [4.78, 5) is 11.5. The van der Waals surface area contributed by atoms with Crippen molar-refractivity contribution in [1.82, 2.24) is 0 Å². The number of aryl methyl sites for hydroxylation is 2. The van der Waals surface area contributed by atoms with Crippen LogP contribution < -0.4 is 0 Å². The summed E-state index contributed by atoms with van der Waals surface area (Å²) < 4.78 is 4.88. The Morgan fingerprint density at radius 1 is 1.32 bits per heavy atom. The second kappa shape index (κ2) is 8.59. The fourth-order valence-electron chi connectivity index (χ4n) is 2.65. The van der Waals surface area contributed by atoms with E-state index in [0.717, 1.165) is 17.5 Å². The lowest BCUT2D eigenvalue weighted by Gasteiger charge is -2.23. The first kappa shape index (κ1) is 18.2. The number of phenols is 1. The van der Waals surface area contributed by atoms with Crippen molar-refractivity contribution in [2.45, 2.75) is 52.6 Å². The lowest BCUT2D eigenvalue weighted by Crippen LogP contribution is -2.18. The number of benzene rings is 1. The van der Waals surface area contributed by atoms with Crippen LogP contribution in [0.25, 0.3) is 0 Å². The van der Waals surface area contributed by atoms with Crippen LogP contribution in [0, 0.1) is 13.8 Å². The number of phenolic OH excluding ortho intramolecular Hbond substituents is 1. The number of aliphatic hydroxyl groups excluding tert-OH is 1. The van der Waals surface area contributed by atoms with Crippen LogP contribution in [0.3, 0.4) is 0 Å². The van der Waals surface area contributed by atoms with Crippen molar-refractivity contribution in [3.05, 3.63) is 41.0 Å². The van der Waals surface area contributed by atoms with Crippen molar-refractivity contribution in [3.8, 4) is 5.75 Å². The monoisotopic (exact) mass is 306 g/mol. The highest BCUT2D eigenvalue weighted by molar-refractivity contribution is 5.82. The quantitative estimate of drug-likeness (QED) is 0.598. The number of carbonyl (C=O) groups is 1. The normalized spacial score (nSPS) is 14.0. The number of hydrogen-bond donors (Lipinski definition) is 2. The minimum absolute atomic E-state index is 0.145. The maximum atomic E-state index is 11.5. The second-order valence-electron chi connectivity index (χ2n) is 5.51. The molecular formula is C18H26O4. The van der Waals surface area contributed by atoms with Gasteiger partial charge in [-0.05, 0) is 44.4 Å². The van der Waals surface area contributed by atoms with E-state index in [9.17, 15) is 15.0 Å². The molecule has 4 nitrogen and oxygen atoms in total. The van der Waals surface area contributed by atoms with Crippen LogP contribution in [0.15, 0.2) is 24.3 Å². The summed E-state index contributed by atoms with van der Waals surface area (Å²) in [5, 5.41) is 20.7. The molecule has 0 aliphatic carbocycles. The van der Waals surface area contributed by atoms with Crippen molar-refractivity contribution >= 4 is 5.97 Å². The average molecular weight is 306 g/mol. The summed E-state index contributed by atoms with van der Waals surface area (Å²) in [7, 11) is 0. The molecule has 1 rings (SSSR count). The van der Waals surface area contributed by atoms with Gasteiger partial charge in [0, 0.05) is 17.6 Å². The molecule has 0 aliphatic heterocycles. The van der Waals surface area contributed by atoms with E-state index in [1.165, 1.54) is 6.08 Å². The minimum Gasteiger partial charge on any atom is -0.508 e. The van der Waals surface area contributed by atoms with Gasteiger partial charge in [-0.15, -0.1) is 0 Å². The van der Waals surface area contributed by atoms with Crippen LogP contribution in [0.5, 0.6) is 5.75 Å². The average Bonchev–Trinajstić information content (AvgIpc) is 2.41. The lowest BCUT2D eigenvalue weighted by atomic mass is 9.86. The van der Waals surface area contributed by atoms with Gasteiger partial charge in [0.05, 0.1) is 12.7 Å². The van der Waals surface area contributed by atoms with E-state index in [1.807, 2.05) is 26.8 Å². The lowest BCUT2D eigenvalue weighted by molar-refractivity contribution is -0.137. The molecule has 22 heavy (non-hydrogen) atoms. The minimum atomic E-state index is -0.664. The standard InChI is InChI=1S/C18H26O4/c1-5-7-15(19)14(8-9-17(21)22-6-2)18-13(4)10-12(3)11-16(18)20/h8-11,14-15,19-20H,5-7H2,1-4H3/b9-8+/t14-,15+/m1/s1. The molecule has 0 radical (unpaired) electrons. The number of carbonyl (C=O) groups excluding carboxylic acids is 1. The van der Waals surface area contributed by atoms with E-state index in [2.05, 4.69) is 0 Å². The highest BCUT2D eigenvalue weighted by atomic mass is 16.5. The van der Waals surface area contributed by atoms with Crippen molar-refractivity contribution in [1.29, 1.82) is 0 Å². The number of ether oxygens (including phenoxy) is 1. The Morgan fingerprint density at radius 2 is 2.00 bits per heavy atom. The Balaban J connectivity index is 3.18. The number of hydrogen-bond acceptors (Lipinski definition) is 4. The van der Waals surface area contributed by atoms with Crippen molar-refractivity contribution in [3.63, 3.8) is 0 Å². The number of esters is 1. The van der Waals surface area contributed by atoms with Crippen LogP contribution in [0.2, 0.25) is 0 Å². The van der Waals surface area contributed by atoms with Crippen molar-refractivity contribution in [2.75, 3.05) is 6.61 Å². The predicted molar refractivity (Wildman–Crippen MR) is 87.0 cm³/mol. The molecule has 0 amide bonds. The maximum absolute atomic E-state index is 11.5. The van der Waals surface area contributed by atoms with Crippen molar-refractivity contribution < 1.29 is 19.7 Å². The van der Waals surface area contributed by atoms with Gasteiger partial charge in [-0.25, -0.2) is 4.79 Å². The van der Waals surface area contributed by atoms with Crippen LogP contribution in [-0.2, 0) is 9.53 Å². The Labute approximate surface area is 132 Å². The smallest absolute Gasteiger partial charge is 0.330 e. The van der Waals surface area contributed by atoms with Gasteiger partial charge in [0.2, 0.25) is 0 Å². The van der Waals surface area contributed by atoms with E-state index in [4.69, 9.17) is 4.74 Å². The summed E-state index contributed by atoms with van der Waals surface area (Å²) in [6, 6.07) is 3.63. The summed E-state index contributed by atoms with van der Waals surface area (Å²) in [5.41, 5.74) is 2.51. The molecule has 0 unspecified atom stereocenters. The topological polar surface area (TPSA) is 66.8 Å². The molecule has 0 spiro atoms. The fourth-order valence-corrected chi connectivity index (χ4v) is 2.65. The molecule has 2 atom stereocenters. The third-order valence-electron chi connectivity index (χ3n) is 3.57. The maximum Gasteiger partial charge on any atom is 0.330 e. The molecule has 0 aliphatic rings. The molecule has 2 N–H and O–H groups in total. The molecule has 0 saturated heterocycles. The van der Waals surface area contributed by atoms with Crippen LogP contribution >= 0.6 is 0 Å². The second-order valence-corrected chi connectivity index (χ2v) is 5.51. The van der Waals surface area contributed by atoms with Crippen LogP contribution in [0.4, 0.5) is 0 Å². The van der Waals surface area contributed by atoms with Gasteiger partial charge < -0.3 is 14.9 Å². The van der Waals surface area contributed by atoms with E-state index in [-0.39, 0.29) is 5.75 Å². The van der Waals surface area contributed by atoms with Crippen LogP contribution in [0.1, 0.15) is 49.3 Å². The van der Waals surface area contributed by atoms with E-state index in [1.54, 1.807) is 19.1 Å². The molecule has 0 heterocycles. The Hall–Kier alpha value is -1.81. The van der Waals surface area contributed by atoms with Gasteiger partial charge >= 0.3 is 5.97 Å². The zero-order chi connectivity index (χ0) is 16.7. The zero-order valence-electron chi connectivity index (χ0n) is 13.8. The summed E-state index contributed by atoms with van der Waals surface area (Å²) in [6.07, 6.45) is 3.69. The summed E-state index contributed by atoms with van der Waals surface area (Å²) in [6.45, 7) is 7.83. The molecule has 122 valence electrons. The first-order chi connectivity index (χ1) is 10.4. The molecular weight excluding hydrogens is 280 g/mol. The van der Waals surface area contributed by atoms with Crippen LogP contribution in [-0.4, -0.2) is 28.9 Å². The molecule has 0 bridgehead atoms. The Kier molecular flexibility index (Phi) is 7.12. The Bertz CT molecular complexity index is 511. The molecule has 1 aromatic rings. The first-order valence-corrected chi connectivity index (χ1v) is 7.73.